The summed E-state index contributed by atoms with van der Waals surface area (Å²) in [5.41, 5.74) is 0.351. The summed E-state index contributed by atoms with van der Waals surface area (Å²) in [6, 6.07) is 6.10. The molecule has 0 spiro atoms. The number of carbonyl (C=O) groups excluding carboxylic acids is 1. The normalized spacial score (nSPS) is 19.5. The lowest BCUT2D eigenvalue weighted by molar-refractivity contribution is -0.138. The molecule has 2 aromatic heterocycles. The average Bonchev–Trinajstić information content (AvgIpc) is 3.27. The maximum Gasteiger partial charge on any atom is 0.416 e. The second-order valence-corrected chi connectivity index (χ2v) is 11.5. The van der Waals surface area contributed by atoms with Crippen LogP contribution >= 0.6 is 11.3 Å². The molecule has 37 heavy (non-hydrogen) atoms. The van der Waals surface area contributed by atoms with E-state index in [9.17, 15) is 18.0 Å². The molecule has 198 valence electrons. The monoisotopic (exact) mass is 532 g/mol. The van der Waals surface area contributed by atoms with Crippen LogP contribution < -0.4 is 5.32 Å². The third-order valence-corrected chi connectivity index (χ3v) is 9.17. The van der Waals surface area contributed by atoms with Crippen LogP contribution in [-0.4, -0.2) is 53.2 Å². The Balaban J connectivity index is 1.40. The van der Waals surface area contributed by atoms with E-state index >= 15 is 0 Å². The Hall–Kier alpha value is -2.56. The van der Waals surface area contributed by atoms with Crippen molar-refractivity contribution in [3.05, 3.63) is 51.5 Å². The summed E-state index contributed by atoms with van der Waals surface area (Å²) in [5, 5.41) is 12.6. The number of benzene rings is 1. The maximum atomic E-state index is 13.7. The number of fused-ring (bicyclic) bond motifs is 1. The molecule has 3 aromatic rings. The number of rotatable bonds is 6. The summed E-state index contributed by atoms with van der Waals surface area (Å²) >= 11 is 1.42. The minimum absolute atomic E-state index is 0.130. The van der Waals surface area contributed by atoms with E-state index in [0.29, 0.717) is 22.3 Å². The molecular formula is C27H31F3N4O2S. The van der Waals surface area contributed by atoms with Gasteiger partial charge >= 0.3 is 6.18 Å². The van der Waals surface area contributed by atoms with Crippen molar-refractivity contribution in [1.29, 1.82) is 0 Å². The predicted molar refractivity (Wildman–Crippen MR) is 138 cm³/mol. The van der Waals surface area contributed by atoms with Gasteiger partial charge in [-0.1, -0.05) is 19.1 Å². The van der Waals surface area contributed by atoms with E-state index in [-0.39, 0.29) is 11.3 Å². The van der Waals surface area contributed by atoms with E-state index in [1.54, 1.807) is 13.0 Å². The highest BCUT2D eigenvalue weighted by molar-refractivity contribution is 7.21. The molecule has 2 aliphatic rings. The van der Waals surface area contributed by atoms with Crippen LogP contribution in [0.3, 0.4) is 0 Å². The van der Waals surface area contributed by atoms with Gasteiger partial charge in [-0.25, -0.2) is 0 Å². The Kier molecular flexibility index (Phi) is 6.79. The second-order valence-electron chi connectivity index (χ2n) is 10.5. The molecule has 0 saturated carbocycles. The van der Waals surface area contributed by atoms with Crippen molar-refractivity contribution in [3.8, 4) is 0 Å². The Morgan fingerprint density at radius 2 is 1.92 bits per heavy atom. The first-order valence-corrected chi connectivity index (χ1v) is 13.4. The Morgan fingerprint density at radius 3 is 2.54 bits per heavy atom. The number of ether oxygens (including phenoxy) is 1. The summed E-state index contributed by atoms with van der Waals surface area (Å²) in [5.74, 6) is 0.593. The first-order valence-electron chi connectivity index (χ1n) is 12.5. The Labute approximate surface area is 218 Å². The van der Waals surface area contributed by atoms with E-state index < -0.39 is 23.2 Å². The van der Waals surface area contributed by atoms with Gasteiger partial charge in [0.25, 0.3) is 0 Å². The van der Waals surface area contributed by atoms with Crippen molar-refractivity contribution in [2.75, 3.05) is 31.6 Å². The number of aromatic nitrogens is 2. The smallest absolute Gasteiger partial charge is 0.378 e. The van der Waals surface area contributed by atoms with Crippen LogP contribution in [0.15, 0.2) is 24.3 Å². The summed E-state index contributed by atoms with van der Waals surface area (Å²) in [6.45, 7) is 10.5. The van der Waals surface area contributed by atoms with Crippen LogP contribution in [0.4, 0.5) is 19.0 Å². The number of hydrogen-bond donors (Lipinski definition) is 1. The Morgan fingerprint density at radius 1 is 1.22 bits per heavy atom. The van der Waals surface area contributed by atoms with E-state index in [4.69, 9.17) is 4.74 Å². The fourth-order valence-electron chi connectivity index (χ4n) is 5.33. The topological polar surface area (TPSA) is 67.4 Å². The zero-order valence-corrected chi connectivity index (χ0v) is 22.2. The van der Waals surface area contributed by atoms with Crippen molar-refractivity contribution < 1.29 is 22.7 Å². The highest BCUT2D eigenvalue weighted by Crippen LogP contribution is 2.41. The van der Waals surface area contributed by atoms with E-state index in [1.165, 1.54) is 24.3 Å². The van der Waals surface area contributed by atoms with E-state index in [2.05, 4.69) is 27.3 Å². The molecule has 10 heteroatoms. The number of piperidine rings is 1. The summed E-state index contributed by atoms with van der Waals surface area (Å²) in [7, 11) is 0. The molecule has 1 N–H and O–H groups in total. The second kappa shape index (κ2) is 9.63. The molecule has 6 nitrogen and oxygen atoms in total. The maximum absolute atomic E-state index is 13.7. The van der Waals surface area contributed by atoms with Gasteiger partial charge in [-0.3, -0.25) is 9.69 Å². The van der Waals surface area contributed by atoms with Gasteiger partial charge in [0.2, 0.25) is 0 Å². The van der Waals surface area contributed by atoms with Gasteiger partial charge in [0.1, 0.15) is 0 Å². The molecule has 1 aromatic carbocycles. The molecule has 0 unspecified atom stereocenters. The molecule has 1 atom stereocenters. The molecular weight excluding hydrogens is 501 g/mol. The molecule has 2 fully saturated rings. The molecule has 2 aliphatic heterocycles. The Bertz CT molecular complexity index is 1330. The zero-order chi connectivity index (χ0) is 26.5. The molecule has 0 radical (unpaired) electrons. The number of nitrogens with one attached hydrogen (secondary N) is 1. The molecule has 0 amide bonds. The van der Waals surface area contributed by atoms with Crippen LogP contribution in [0.1, 0.15) is 64.8 Å². The lowest BCUT2D eigenvalue weighted by Crippen LogP contribution is -2.54. The number of anilines is 1. The first-order chi connectivity index (χ1) is 17.5. The summed E-state index contributed by atoms with van der Waals surface area (Å²) in [6.07, 6.45) is -2.83. The summed E-state index contributed by atoms with van der Waals surface area (Å²) in [4.78, 5) is 16.8. The molecule has 0 bridgehead atoms. The number of ketones is 1. The van der Waals surface area contributed by atoms with Gasteiger partial charge < -0.3 is 10.1 Å². The van der Waals surface area contributed by atoms with E-state index in [0.717, 1.165) is 61.0 Å². The zero-order valence-electron chi connectivity index (χ0n) is 21.4. The van der Waals surface area contributed by atoms with Crippen molar-refractivity contribution in [2.24, 2.45) is 5.41 Å². The quantitative estimate of drug-likeness (QED) is 0.382. The third-order valence-electron chi connectivity index (χ3n) is 7.93. The van der Waals surface area contributed by atoms with Gasteiger partial charge in [-0.2, -0.15) is 18.3 Å². The fourth-order valence-corrected chi connectivity index (χ4v) is 6.52. The number of carbonyl (C=O) groups is 1. The first kappa shape index (κ1) is 26.1. The minimum atomic E-state index is -4.42. The van der Waals surface area contributed by atoms with Crippen LogP contribution in [0.2, 0.25) is 0 Å². The van der Waals surface area contributed by atoms with Gasteiger partial charge in [-0.05, 0) is 70.0 Å². The highest BCUT2D eigenvalue weighted by Gasteiger charge is 2.41. The van der Waals surface area contributed by atoms with Gasteiger partial charge in [0.15, 0.2) is 11.6 Å². The molecule has 0 aliphatic carbocycles. The number of halogens is 3. The van der Waals surface area contributed by atoms with Gasteiger partial charge in [0, 0.05) is 10.8 Å². The van der Waals surface area contributed by atoms with Crippen molar-refractivity contribution in [1.82, 2.24) is 15.1 Å². The SMILES string of the molecule is Cc1c([C@@H](C)Nc2nnc(C)c3sc(C(=O)C4(C)CCN(C5COC5)CC4)cc23)cccc1C(F)(F)F. The number of nitrogens with zero attached hydrogens (tertiary/aromatic N) is 3. The largest absolute Gasteiger partial charge is 0.416 e. The van der Waals surface area contributed by atoms with Crippen LogP contribution in [0.5, 0.6) is 0 Å². The van der Waals surface area contributed by atoms with Crippen LogP contribution in [0.25, 0.3) is 10.1 Å². The standard InChI is InChI=1S/C27H31F3N4O2S/c1-15-19(6-5-7-21(15)27(28,29)30)16(2)31-25-20-12-22(37-23(20)17(3)32-33-25)24(35)26(4)8-10-34(11-9-26)18-13-36-14-18/h5-7,12,16,18H,8-11,13-14H2,1-4H3,(H,31,33)/t16-/m1/s1. The van der Waals surface area contributed by atoms with Crippen molar-refractivity contribution >= 4 is 33.0 Å². The van der Waals surface area contributed by atoms with Crippen molar-refractivity contribution in [3.63, 3.8) is 0 Å². The van der Waals surface area contributed by atoms with Crippen molar-refractivity contribution in [2.45, 2.75) is 58.8 Å². The van der Waals surface area contributed by atoms with Gasteiger partial charge in [-0.15, -0.1) is 16.4 Å². The number of Topliss-reactive ketones (excluding diaryl/α,β-unsaturated/α-hetero) is 1. The molecule has 4 heterocycles. The number of aryl methyl sites for hydroxylation is 1. The number of thiophene rings is 1. The number of alkyl halides is 3. The lowest BCUT2D eigenvalue weighted by Gasteiger charge is -2.44. The average molecular weight is 533 g/mol. The van der Waals surface area contributed by atoms with Crippen LogP contribution in [-0.2, 0) is 10.9 Å². The van der Waals surface area contributed by atoms with Crippen LogP contribution in [0, 0.1) is 19.3 Å². The third kappa shape index (κ3) is 4.86. The number of hydrogen-bond acceptors (Lipinski definition) is 7. The van der Waals surface area contributed by atoms with Gasteiger partial charge in [0.05, 0.1) is 46.1 Å². The molecule has 2 saturated heterocycles. The number of likely N-dealkylation sites (tertiary alicyclic amines) is 1. The fraction of sp³-hybridized carbons (Fsp3) is 0.519. The van der Waals surface area contributed by atoms with E-state index in [1.807, 2.05) is 13.0 Å². The highest BCUT2D eigenvalue weighted by atomic mass is 32.1. The lowest BCUT2D eigenvalue weighted by atomic mass is 9.76. The predicted octanol–water partition coefficient (Wildman–Crippen LogP) is 6.18. The minimum Gasteiger partial charge on any atom is -0.378 e. The molecule has 5 rings (SSSR count). The summed E-state index contributed by atoms with van der Waals surface area (Å²) < 4.78 is 46.5.